The van der Waals surface area contributed by atoms with E-state index in [4.69, 9.17) is 15.2 Å². The Kier molecular flexibility index (Phi) is 6.43. The number of carbonyl (C=O) groups is 1. The maximum absolute atomic E-state index is 10.8. The average Bonchev–Trinajstić information content (AvgIpc) is 2.55. The highest BCUT2D eigenvalue weighted by atomic mass is 16.5. The van der Waals surface area contributed by atoms with E-state index in [0.717, 1.165) is 38.3 Å². The van der Waals surface area contributed by atoms with Crippen LogP contribution in [-0.4, -0.2) is 69.2 Å². The zero-order chi connectivity index (χ0) is 16.7. The van der Waals surface area contributed by atoms with Gasteiger partial charge in [-0.25, -0.2) is 0 Å². The van der Waals surface area contributed by atoms with E-state index >= 15 is 0 Å². The molecule has 6 nitrogen and oxygen atoms in total. The topological polar surface area (TPSA) is 68.0 Å². The van der Waals surface area contributed by atoms with Crippen molar-refractivity contribution in [2.24, 2.45) is 5.73 Å². The molecule has 0 aliphatic carbocycles. The van der Waals surface area contributed by atoms with Crippen molar-refractivity contribution in [1.29, 1.82) is 0 Å². The van der Waals surface area contributed by atoms with E-state index in [1.165, 1.54) is 6.08 Å². The zero-order valence-electron chi connectivity index (χ0n) is 13.8. The number of benzene rings is 1. The normalized spacial score (nSPS) is 16.6. The highest BCUT2D eigenvalue weighted by Crippen LogP contribution is 2.28. The fourth-order valence-corrected chi connectivity index (χ4v) is 2.44. The molecule has 1 fully saturated rings. The first-order chi connectivity index (χ1) is 11.1. The van der Waals surface area contributed by atoms with Gasteiger partial charge in [0.2, 0.25) is 5.91 Å². The van der Waals surface area contributed by atoms with Gasteiger partial charge in [-0.15, -0.1) is 0 Å². The number of amides is 1. The van der Waals surface area contributed by atoms with Crippen LogP contribution in [0.15, 0.2) is 24.3 Å². The average molecular weight is 319 g/mol. The molecule has 0 bridgehead atoms. The molecule has 1 aliphatic rings. The first-order valence-corrected chi connectivity index (χ1v) is 7.78. The van der Waals surface area contributed by atoms with Crippen molar-refractivity contribution in [3.05, 3.63) is 29.8 Å². The number of carbonyl (C=O) groups excluding carboxylic acids is 1. The molecular formula is C17H25N3O3. The lowest BCUT2D eigenvalue weighted by molar-refractivity contribution is -0.113. The third-order valence-electron chi connectivity index (χ3n) is 3.89. The van der Waals surface area contributed by atoms with Gasteiger partial charge in [-0.05, 0) is 30.8 Å². The van der Waals surface area contributed by atoms with Crippen LogP contribution in [0.25, 0.3) is 6.08 Å². The molecule has 0 saturated carbocycles. The van der Waals surface area contributed by atoms with Crippen molar-refractivity contribution in [1.82, 2.24) is 9.80 Å². The Hall–Kier alpha value is -2.05. The number of piperazine rings is 1. The minimum absolute atomic E-state index is 0.475. The fraction of sp³-hybridized carbons (Fsp3) is 0.471. The predicted molar refractivity (Wildman–Crippen MR) is 90.7 cm³/mol. The van der Waals surface area contributed by atoms with Gasteiger partial charge in [0.1, 0.15) is 6.61 Å². The number of likely N-dealkylation sites (N-methyl/N-ethyl adjacent to an activating group) is 1. The monoisotopic (exact) mass is 319 g/mol. The Morgan fingerprint density at radius 3 is 2.65 bits per heavy atom. The molecule has 1 saturated heterocycles. The van der Waals surface area contributed by atoms with Crippen molar-refractivity contribution in [3.8, 4) is 11.5 Å². The van der Waals surface area contributed by atoms with Crippen molar-refractivity contribution in [2.75, 3.05) is 53.5 Å². The van der Waals surface area contributed by atoms with Gasteiger partial charge in [0.05, 0.1) is 7.11 Å². The van der Waals surface area contributed by atoms with E-state index in [1.54, 1.807) is 13.2 Å². The Morgan fingerprint density at radius 2 is 2.00 bits per heavy atom. The molecule has 2 N–H and O–H groups in total. The number of ether oxygens (including phenoxy) is 2. The molecule has 2 rings (SSSR count). The minimum atomic E-state index is -0.475. The van der Waals surface area contributed by atoms with Gasteiger partial charge in [-0.2, -0.15) is 0 Å². The summed E-state index contributed by atoms with van der Waals surface area (Å²) in [6.45, 7) is 5.88. The Labute approximate surface area is 137 Å². The van der Waals surface area contributed by atoms with Gasteiger partial charge in [0, 0.05) is 38.8 Å². The third-order valence-corrected chi connectivity index (χ3v) is 3.89. The number of hydrogen-bond donors (Lipinski definition) is 1. The van der Waals surface area contributed by atoms with Crippen LogP contribution in [0.4, 0.5) is 0 Å². The highest BCUT2D eigenvalue weighted by molar-refractivity contribution is 5.90. The molecule has 1 amide bonds. The van der Waals surface area contributed by atoms with Gasteiger partial charge in [-0.3, -0.25) is 9.69 Å². The van der Waals surface area contributed by atoms with Crippen LogP contribution >= 0.6 is 0 Å². The van der Waals surface area contributed by atoms with Crippen molar-refractivity contribution < 1.29 is 14.3 Å². The van der Waals surface area contributed by atoms with Crippen molar-refractivity contribution in [2.45, 2.75) is 0 Å². The van der Waals surface area contributed by atoms with Crippen molar-refractivity contribution in [3.63, 3.8) is 0 Å². The Morgan fingerprint density at radius 1 is 1.26 bits per heavy atom. The van der Waals surface area contributed by atoms with Gasteiger partial charge in [0.15, 0.2) is 11.5 Å². The van der Waals surface area contributed by atoms with E-state index in [0.29, 0.717) is 18.1 Å². The molecule has 0 spiro atoms. The molecule has 6 heteroatoms. The predicted octanol–water partition coefficient (Wildman–Crippen LogP) is 0.820. The van der Waals surface area contributed by atoms with E-state index in [-0.39, 0.29) is 0 Å². The molecule has 0 aromatic heterocycles. The van der Waals surface area contributed by atoms with Gasteiger partial charge in [0.25, 0.3) is 0 Å². The summed E-state index contributed by atoms with van der Waals surface area (Å²) in [5.41, 5.74) is 5.94. The fourth-order valence-electron chi connectivity index (χ4n) is 2.44. The second-order valence-electron chi connectivity index (χ2n) is 5.64. The summed E-state index contributed by atoms with van der Waals surface area (Å²) < 4.78 is 11.2. The number of methoxy groups -OCH3 is 1. The lowest BCUT2D eigenvalue weighted by Gasteiger charge is -2.32. The number of nitrogens with two attached hydrogens (primary N) is 1. The van der Waals surface area contributed by atoms with E-state index in [9.17, 15) is 4.79 Å². The number of nitrogens with zero attached hydrogens (tertiary/aromatic N) is 2. The summed E-state index contributed by atoms with van der Waals surface area (Å²) in [5, 5.41) is 0. The molecule has 23 heavy (non-hydrogen) atoms. The van der Waals surface area contributed by atoms with Crippen LogP contribution in [0.5, 0.6) is 11.5 Å². The second-order valence-corrected chi connectivity index (χ2v) is 5.64. The first kappa shape index (κ1) is 17.3. The maximum atomic E-state index is 10.8. The smallest absolute Gasteiger partial charge is 0.241 e. The quantitative estimate of drug-likeness (QED) is 0.754. The molecular weight excluding hydrogens is 294 g/mol. The third kappa shape index (κ3) is 5.58. The van der Waals surface area contributed by atoms with Crippen LogP contribution in [0, 0.1) is 0 Å². The molecule has 1 aromatic rings. The lowest BCUT2D eigenvalue weighted by atomic mass is 10.2. The summed E-state index contributed by atoms with van der Waals surface area (Å²) in [7, 11) is 3.75. The lowest BCUT2D eigenvalue weighted by Crippen LogP contribution is -2.45. The highest BCUT2D eigenvalue weighted by Gasteiger charge is 2.13. The number of hydrogen-bond acceptors (Lipinski definition) is 5. The zero-order valence-corrected chi connectivity index (χ0v) is 13.8. The van der Waals surface area contributed by atoms with E-state index in [2.05, 4.69) is 16.8 Å². The van der Waals surface area contributed by atoms with E-state index < -0.39 is 5.91 Å². The SMILES string of the molecule is COc1cc(/C=C\C(N)=O)ccc1OCCN1CCN(C)CC1. The van der Waals surface area contributed by atoms with Gasteiger partial charge >= 0.3 is 0 Å². The molecule has 0 radical (unpaired) electrons. The van der Waals surface area contributed by atoms with E-state index in [1.807, 2.05) is 18.2 Å². The Bertz CT molecular complexity index is 552. The standard InChI is InChI=1S/C17H25N3O3/c1-19-7-9-20(10-8-19)11-12-23-15-5-3-14(4-6-17(18)21)13-16(15)22-2/h3-6,13H,7-12H2,1-2H3,(H2,18,21)/b6-4-. The van der Waals surface area contributed by atoms with Crippen molar-refractivity contribution >= 4 is 12.0 Å². The Balaban J connectivity index is 1.88. The summed E-state index contributed by atoms with van der Waals surface area (Å²) in [6, 6.07) is 5.54. The molecule has 1 aromatic carbocycles. The molecule has 1 aliphatic heterocycles. The first-order valence-electron chi connectivity index (χ1n) is 7.78. The summed E-state index contributed by atoms with van der Waals surface area (Å²) in [6.07, 6.45) is 2.97. The second kappa shape index (κ2) is 8.55. The van der Waals surface area contributed by atoms with Crippen LogP contribution in [0.1, 0.15) is 5.56 Å². The minimum Gasteiger partial charge on any atom is -0.493 e. The summed E-state index contributed by atoms with van der Waals surface area (Å²) in [4.78, 5) is 15.5. The molecule has 0 unspecified atom stereocenters. The summed E-state index contributed by atoms with van der Waals surface area (Å²) in [5.74, 6) is 0.879. The van der Waals surface area contributed by atoms with Crippen LogP contribution in [-0.2, 0) is 4.79 Å². The maximum Gasteiger partial charge on any atom is 0.241 e. The van der Waals surface area contributed by atoms with Gasteiger partial charge < -0.3 is 20.1 Å². The summed E-state index contributed by atoms with van der Waals surface area (Å²) >= 11 is 0. The number of primary amides is 1. The number of rotatable bonds is 7. The van der Waals surface area contributed by atoms with Crippen LogP contribution < -0.4 is 15.2 Å². The largest absolute Gasteiger partial charge is 0.493 e. The molecule has 1 heterocycles. The van der Waals surface area contributed by atoms with Crippen LogP contribution in [0.3, 0.4) is 0 Å². The van der Waals surface area contributed by atoms with Crippen LogP contribution in [0.2, 0.25) is 0 Å². The molecule has 126 valence electrons. The molecule has 0 atom stereocenters. The van der Waals surface area contributed by atoms with Gasteiger partial charge in [-0.1, -0.05) is 6.07 Å².